The number of ether oxygens (including phenoxy) is 2. The Bertz CT molecular complexity index is 803. The maximum Gasteiger partial charge on any atom is 0.255 e. The fourth-order valence-electron chi connectivity index (χ4n) is 3.05. The van der Waals surface area contributed by atoms with Gasteiger partial charge in [0, 0.05) is 32.3 Å². The van der Waals surface area contributed by atoms with E-state index in [0.29, 0.717) is 24.5 Å². The highest BCUT2D eigenvalue weighted by Crippen LogP contribution is 2.41. The lowest BCUT2D eigenvalue weighted by atomic mass is 10.0. The first kappa shape index (κ1) is 18.0. The average molecular weight is 355 g/mol. The Balaban J connectivity index is 1.56. The van der Waals surface area contributed by atoms with Crippen LogP contribution in [0.4, 0.5) is 5.82 Å². The van der Waals surface area contributed by atoms with Crippen molar-refractivity contribution in [1.82, 2.24) is 10.3 Å². The summed E-state index contributed by atoms with van der Waals surface area (Å²) in [6.45, 7) is 4.89. The van der Waals surface area contributed by atoms with E-state index < -0.39 is 0 Å². The van der Waals surface area contributed by atoms with Crippen LogP contribution in [0.5, 0.6) is 11.5 Å². The van der Waals surface area contributed by atoms with Gasteiger partial charge in [0.1, 0.15) is 18.0 Å². The van der Waals surface area contributed by atoms with E-state index in [1.807, 2.05) is 31.1 Å². The summed E-state index contributed by atoms with van der Waals surface area (Å²) in [6, 6.07) is 9.44. The van der Waals surface area contributed by atoms with Crippen molar-refractivity contribution in [2.75, 3.05) is 32.1 Å². The van der Waals surface area contributed by atoms with Crippen LogP contribution < -0.4 is 19.7 Å². The van der Waals surface area contributed by atoms with Gasteiger partial charge in [-0.1, -0.05) is 12.1 Å². The molecule has 0 saturated heterocycles. The van der Waals surface area contributed by atoms with Gasteiger partial charge in [-0.3, -0.25) is 4.79 Å². The lowest BCUT2D eigenvalue weighted by Crippen LogP contribution is -2.30. The number of rotatable bonds is 6. The lowest BCUT2D eigenvalue weighted by Gasteiger charge is -2.18. The molecule has 2 heterocycles. The number of para-hydroxylation sites is 1. The third kappa shape index (κ3) is 3.90. The molecule has 0 unspecified atom stereocenters. The van der Waals surface area contributed by atoms with Crippen LogP contribution in [0.25, 0.3) is 0 Å². The molecule has 6 nitrogen and oxygen atoms in total. The maximum atomic E-state index is 12.4. The van der Waals surface area contributed by atoms with Crippen molar-refractivity contribution in [1.29, 1.82) is 0 Å². The normalized spacial score (nSPS) is 14.3. The molecule has 0 aliphatic carbocycles. The Morgan fingerprint density at radius 2 is 2.12 bits per heavy atom. The Kier molecular flexibility index (Phi) is 5.02. The van der Waals surface area contributed by atoms with Crippen molar-refractivity contribution in [2.45, 2.75) is 25.9 Å². The highest BCUT2D eigenvalue weighted by atomic mass is 16.5. The molecule has 3 rings (SSSR count). The second-order valence-electron chi connectivity index (χ2n) is 7.16. The predicted octanol–water partition coefficient (Wildman–Crippen LogP) is 2.67. The van der Waals surface area contributed by atoms with E-state index >= 15 is 0 Å². The number of aromatic nitrogens is 1. The zero-order valence-corrected chi connectivity index (χ0v) is 15.7. The molecule has 0 spiro atoms. The second kappa shape index (κ2) is 7.23. The molecular weight excluding hydrogens is 330 g/mol. The zero-order valence-electron chi connectivity index (χ0n) is 15.7. The summed E-state index contributed by atoms with van der Waals surface area (Å²) in [5.41, 5.74) is 1.49. The molecule has 1 amide bonds. The highest BCUT2D eigenvalue weighted by Gasteiger charge is 2.32. The van der Waals surface area contributed by atoms with Crippen LogP contribution in [0.1, 0.15) is 29.8 Å². The highest BCUT2D eigenvalue weighted by molar-refractivity contribution is 5.98. The van der Waals surface area contributed by atoms with Crippen LogP contribution in [0.15, 0.2) is 36.5 Å². The first-order valence-electron chi connectivity index (χ1n) is 8.72. The van der Waals surface area contributed by atoms with E-state index in [-0.39, 0.29) is 11.5 Å². The van der Waals surface area contributed by atoms with Gasteiger partial charge in [-0.15, -0.1) is 0 Å². The summed E-state index contributed by atoms with van der Waals surface area (Å²) in [6.07, 6.45) is 2.54. The van der Waals surface area contributed by atoms with Gasteiger partial charge in [0.25, 0.3) is 5.91 Å². The molecule has 1 N–H and O–H groups in total. The van der Waals surface area contributed by atoms with Gasteiger partial charge in [0.15, 0.2) is 11.5 Å². The van der Waals surface area contributed by atoms with E-state index in [1.54, 1.807) is 18.3 Å². The minimum Gasteiger partial charge on any atom is -0.488 e. The summed E-state index contributed by atoms with van der Waals surface area (Å²) in [5.74, 6) is 2.01. The molecule has 0 radical (unpaired) electrons. The molecule has 0 fully saturated rings. The third-order valence-corrected chi connectivity index (χ3v) is 4.16. The van der Waals surface area contributed by atoms with Crippen LogP contribution in [0.2, 0.25) is 0 Å². The van der Waals surface area contributed by atoms with Crippen molar-refractivity contribution in [3.8, 4) is 11.5 Å². The molecule has 1 aromatic heterocycles. The number of nitrogens with zero attached hydrogens (tertiary/aromatic N) is 2. The van der Waals surface area contributed by atoms with Crippen LogP contribution in [0.3, 0.4) is 0 Å². The lowest BCUT2D eigenvalue weighted by molar-refractivity contribution is 0.0946. The molecule has 1 aromatic carbocycles. The Hall–Kier alpha value is -2.76. The number of benzene rings is 1. The fraction of sp³-hybridized carbons (Fsp3) is 0.400. The van der Waals surface area contributed by atoms with Gasteiger partial charge >= 0.3 is 0 Å². The Morgan fingerprint density at radius 1 is 1.31 bits per heavy atom. The van der Waals surface area contributed by atoms with Crippen molar-refractivity contribution in [3.63, 3.8) is 0 Å². The minimum atomic E-state index is -0.209. The van der Waals surface area contributed by atoms with Gasteiger partial charge in [0.2, 0.25) is 0 Å². The molecule has 2 aromatic rings. The van der Waals surface area contributed by atoms with Crippen LogP contribution in [-0.2, 0) is 6.42 Å². The fourth-order valence-corrected chi connectivity index (χ4v) is 3.05. The number of carbonyl (C=O) groups is 1. The van der Waals surface area contributed by atoms with E-state index in [4.69, 9.17) is 9.47 Å². The van der Waals surface area contributed by atoms with Crippen molar-refractivity contribution in [3.05, 3.63) is 47.7 Å². The standard InChI is InChI=1S/C20H25N3O3/c1-20(2)13-14-7-5-9-16(17(14)26-20)25-12-11-22-19(24)15-8-6-10-21-18(15)23(3)4/h5-10H,11-13H2,1-4H3,(H,22,24). The Morgan fingerprint density at radius 3 is 2.88 bits per heavy atom. The SMILES string of the molecule is CN(C)c1ncccc1C(=O)NCCOc1cccc2c1OC(C)(C)C2. The van der Waals surface area contributed by atoms with E-state index in [9.17, 15) is 4.79 Å². The molecular formula is C20H25N3O3. The monoisotopic (exact) mass is 355 g/mol. The first-order chi connectivity index (χ1) is 12.4. The number of fused-ring (bicyclic) bond motifs is 1. The van der Waals surface area contributed by atoms with Gasteiger partial charge in [0.05, 0.1) is 12.1 Å². The molecule has 6 heteroatoms. The second-order valence-corrected chi connectivity index (χ2v) is 7.16. The zero-order chi connectivity index (χ0) is 18.7. The molecule has 138 valence electrons. The summed E-state index contributed by atoms with van der Waals surface area (Å²) in [4.78, 5) is 18.5. The number of pyridine rings is 1. The van der Waals surface area contributed by atoms with E-state index in [1.165, 1.54) is 0 Å². The molecule has 0 bridgehead atoms. The largest absolute Gasteiger partial charge is 0.488 e. The number of hydrogen-bond donors (Lipinski definition) is 1. The maximum absolute atomic E-state index is 12.4. The summed E-state index contributed by atoms with van der Waals surface area (Å²) >= 11 is 0. The number of nitrogens with one attached hydrogen (secondary N) is 1. The van der Waals surface area contributed by atoms with E-state index in [2.05, 4.69) is 30.2 Å². The summed E-state index contributed by atoms with van der Waals surface area (Å²) in [7, 11) is 3.72. The molecule has 0 saturated carbocycles. The number of amides is 1. The van der Waals surface area contributed by atoms with Gasteiger partial charge in [-0.25, -0.2) is 4.98 Å². The summed E-state index contributed by atoms with van der Waals surface area (Å²) in [5, 5.41) is 2.88. The smallest absolute Gasteiger partial charge is 0.255 e. The first-order valence-corrected chi connectivity index (χ1v) is 8.72. The molecule has 1 aliphatic rings. The number of hydrogen-bond acceptors (Lipinski definition) is 5. The number of anilines is 1. The van der Waals surface area contributed by atoms with Crippen LogP contribution in [0, 0.1) is 0 Å². The number of carbonyl (C=O) groups excluding carboxylic acids is 1. The average Bonchev–Trinajstić information content (AvgIpc) is 2.93. The van der Waals surface area contributed by atoms with Crippen molar-refractivity contribution in [2.24, 2.45) is 0 Å². The van der Waals surface area contributed by atoms with Crippen molar-refractivity contribution < 1.29 is 14.3 Å². The Labute approximate surface area is 154 Å². The van der Waals surface area contributed by atoms with E-state index in [0.717, 1.165) is 23.5 Å². The van der Waals surface area contributed by atoms with Gasteiger partial charge < -0.3 is 19.7 Å². The van der Waals surface area contributed by atoms with Gasteiger partial charge in [-0.05, 0) is 32.0 Å². The minimum absolute atomic E-state index is 0.166. The summed E-state index contributed by atoms with van der Waals surface area (Å²) < 4.78 is 11.8. The molecule has 0 atom stereocenters. The van der Waals surface area contributed by atoms with Gasteiger partial charge in [-0.2, -0.15) is 0 Å². The van der Waals surface area contributed by atoms with Crippen molar-refractivity contribution >= 4 is 11.7 Å². The predicted molar refractivity (Wildman–Crippen MR) is 101 cm³/mol. The van der Waals surface area contributed by atoms with Crippen LogP contribution in [-0.4, -0.2) is 43.7 Å². The molecule has 1 aliphatic heterocycles. The topological polar surface area (TPSA) is 63.7 Å². The van der Waals surface area contributed by atoms with Crippen LogP contribution >= 0.6 is 0 Å². The molecule has 26 heavy (non-hydrogen) atoms. The third-order valence-electron chi connectivity index (χ3n) is 4.16. The quantitative estimate of drug-likeness (QED) is 0.807.